The van der Waals surface area contributed by atoms with Crippen molar-refractivity contribution in [2.24, 2.45) is 17.8 Å². The highest BCUT2D eigenvalue weighted by Crippen LogP contribution is 2.37. The van der Waals surface area contributed by atoms with Crippen LogP contribution in [0.2, 0.25) is 0 Å². The van der Waals surface area contributed by atoms with Crippen LogP contribution in [0.4, 0.5) is 5.69 Å². The lowest BCUT2D eigenvalue weighted by molar-refractivity contribution is -0.145. The van der Waals surface area contributed by atoms with Crippen molar-refractivity contribution >= 4 is 29.3 Å². The van der Waals surface area contributed by atoms with E-state index >= 15 is 0 Å². The summed E-state index contributed by atoms with van der Waals surface area (Å²) in [5.74, 6) is -1.76. The molecule has 0 aliphatic heterocycles. The zero-order valence-corrected chi connectivity index (χ0v) is 12.4. The zero-order chi connectivity index (χ0) is 14.7. The van der Waals surface area contributed by atoms with Crippen LogP contribution in [0.5, 0.6) is 0 Å². The second-order valence-corrected chi connectivity index (χ2v) is 6.17. The number of thioether (sulfide) groups is 1. The summed E-state index contributed by atoms with van der Waals surface area (Å²) in [5.41, 5.74) is 0.758. The van der Waals surface area contributed by atoms with E-state index in [1.807, 2.05) is 37.4 Å². The van der Waals surface area contributed by atoms with Crippen LogP contribution in [0.25, 0.3) is 0 Å². The summed E-state index contributed by atoms with van der Waals surface area (Å²) in [7, 11) is 0. The Bertz CT molecular complexity index is 518. The van der Waals surface area contributed by atoms with Crippen molar-refractivity contribution in [2.45, 2.75) is 24.7 Å². The summed E-state index contributed by atoms with van der Waals surface area (Å²) in [6.07, 6.45) is 3.17. The summed E-state index contributed by atoms with van der Waals surface area (Å²) in [4.78, 5) is 24.6. The highest BCUT2D eigenvalue weighted by molar-refractivity contribution is 7.98. The fourth-order valence-corrected chi connectivity index (χ4v) is 3.38. The quantitative estimate of drug-likeness (QED) is 0.837. The minimum Gasteiger partial charge on any atom is -0.481 e. The normalized spacial score (nSPS) is 25.4. The molecule has 1 aromatic rings. The van der Waals surface area contributed by atoms with Crippen molar-refractivity contribution in [1.29, 1.82) is 0 Å². The SMILES string of the molecule is CSc1ccccc1NC(=O)[C@H]1CC(C)C[C@H]1C(=O)O. The lowest BCUT2D eigenvalue weighted by Gasteiger charge is -2.16. The van der Waals surface area contributed by atoms with E-state index in [2.05, 4.69) is 5.32 Å². The molecule has 1 aromatic carbocycles. The maximum Gasteiger partial charge on any atom is 0.307 e. The first-order chi connectivity index (χ1) is 9.52. The van der Waals surface area contributed by atoms with Crippen LogP contribution in [0.3, 0.4) is 0 Å². The van der Waals surface area contributed by atoms with Crippen molar-refractivity contribution < 1.29 is 14.7 Å². The van der Waals surface area contributed by atoms with E-state index in [-0.39, 0.29) is 11.8 Å². The van der Waals surface area contributed by atoms with Gasteiger partial charge in [-0.1, -0.05) is 19.1 Å². The zero-order valence-electron chi connectivity index (χ0n) is 11.6. The van der Waals surface area contributed by atoms with Crippen LogP contribution < -0.4 is 5.32 Å². The van der Waals surface area contributed by atoms with Gasteiger partial charge in [0.15, 0.2) is 0 Å². The van der Waals surface area contributed by atoms with Gasteiger partial charge in [-0.3, -0.25) is 9.59 Å². The fourth-order valence-electron chi connectivity index (χ4n) is 2.83. The van der Waals surface area contributed by atoms with Gasteiger partial charge in [-0.15, -0.1) is 11.8 Å². The van der Waals surface area contributed by atoms with Gasteiger partial charge in [0.25, 0.3) is 0 Å². The standard InChI is InChI=1S/C15H19NO3S/c1-9-7-10(11(8-9)15(18)19)14(17)16-12-5-3-4-6-13(12)20-2/h3-6,9-11H,7-8H2,1-2H3,(H,16,17)(H,18,19)/t9?,10-,11+/m0/s1. The largest absolute Gasteiger partial charge is 0.481 e. The molecule has 1 aliphatic rings. The molecule has 1 unspecified atom stereocenters. The van der Waals surface area contributed by atoms with Gasteiger partial charge in [-0.25, -0.2) is 0 Å². The molecule has 4 nitrogen and oxygen atoms in total. The van der Waals surface area contributed by atoms with Gasteiger partial charge in [-0.2, -0.15) is 0 Å². The van der Waals surface area contributed by atoms with E-state index in [0.29, 0.717) is 12.8 Å². The Balaban J connectivity index is 2.13. The second kappa shape index (κ2) is 6.31. The number of carboxylic acids is 1. The van der Waals surface area contributed by atoms with E-state index in [9.17, 15) is 14.7 Å². The van der Waals surface area contributed by atoms with E-state index in [1.54, 1.807) is 11.8 Å². The van der Waals surface area contributed by atoms with Gasteiger partial charge in [0.05, 0.1) is 17.5 Å². The summed E-state index contributed by atoms with van der Waals surface area (Å²) in [6, 6.07) is 7.56. The molecule has 0 aromatic heterocycles. The van der Waals surface area contributed by atoms with Crippen molar-refractivity contribution in [3.63, 3.8) is 0 Å². The predicted molar refractivity (Wildman–Crippen MR) is 79.9 cm³/mol. The first-order valence-corrected chi connectivity index (χ1v) is 7.92. The molecule has 5 heteroatoms. The molecule has 2 rings (SSSR count). The average Bonchev–Trinajstić information content (AvgIpc) is 2.82. The maximum absolute atomic E-state index is 12.4. The molecule has 0 spiro atoms. The highest BCUT2D eigenvalue weighted by Gasteiger charge is 2.41. The van der Waals surface area contributed by atoms with Crippen molar-refractivity contribution in [1.82, 2.24) is 0 Å². The number of benzene rings is 1. The molecule has 1 saturated carbocycles. The van der Waals surface area contributed by atoms with E-state index in [0.717, 1.165) is 10.6 Å². The number of amides is 1. The van der Waals surface area contributed by atoms with Crippen molar-refractivity contribution in [2.75, 3.05) is 11.6 Å². The van der Waals surface area contributed by atoms with Crippen LogP contribution in [-0.4, -0.2) is 23.2 Å². The van der Waals surface area contributed by atoms with Crippen LogP contribution in [0, 0.1) is 17.8 Å². The number of aliphatic carboxylic acids is 1. The molecule has 3 atom stereocenters. The Morgan fingerprint density at radius 3 is 2.55 bits per heavy atom. The molecule has 108 valence electrons. The average molecular weight is 293 g/mol. The smallest absolute Gasteiger partial charge is 0.307 e. The minimum absolute atomic E-state index is 0.178. The molecule has 0 bridgehead atoms. The van der Waals surface area contributed by atoms with Gasteiger partial charge >= 0.3 is 5.97 Å². The number of carbonyl (C=O) groups is 2. The number of para-hydroxylation sites is 1. The minimum atomic E-state index is -0.868. The van der Waals surface area contributed by atoms with Crippen molar-refractivity contribution in [3.8, 4) is 0 Å². The number of hydrogen-bond donors (Lipinski definition) is 2. The molecule has 0 heterocycles. The van der Waals surface area contributed by atoms with Crippen LogP contribution in [0.1, 0.15) is 19.8 Å². The third-order valence-corrected chi connectivity index (χ3v) is 4.61. The lowest BCUT2D eigenvalue weighted by atomic mass is 9.95. The third kappa shape index (κ3) is 3.15. The Morgan fingerprint density at radius 1 is 1.25 bits per heavy atom. The fraction of sp³-hybridized carbons (Fsp3) is 0.467. The predicted octanol–water partition coefficient (Wildman–Crippen LogP) is 3.09. The number of carbonyl (C=O) groups excluding carboxylic acids is 1. The van der Waals surface area contributed by atoms with Gasteiger partial charge < -0.3 is 10.4 Å². The number of carboxylic acid groups (broad SMARTS) is 1. The number of hydrogen-bond acceptors (Lipinski definition) is 3. The van der Waals surface area contributed by atoms with Crippen LogP contribution in [-0.2, 0) is 9.59 Å². The Kier molecular flexibility index (Phi) is 4.70. The van der Waals surface area contributed by atoms with Gasteiger partial charge in [0.2, 0.25) is 5.91 Å². The van der Waals surface area contributed by atoms with E-state index < -0.39 is 17.8 Å². The molecular weight excluding hydrogens is 274 g/mol. The van der Waals surface area contributed by atoms with E-state index in [1.165, 1.54) is 0 Å². The summed E-state index contributed by atoms with van der Waals surface area (Å²) in [6.45, 7) is 2.00. The molecule has 0 saturated heterocycles. The molecule has 1 aliphatic carbocycles. The second-order valence-electron chi connectivity index (χ2n) is 5.32. The first-order valence-electron chi connectivity index (χ1n) is 6.69. The molecule has 0 radical (unpaired) electrons. The van der Waals surface area contributed by atoms with Crippen molar-refractivity contribution in [3.05, 3.63) is 24.3 Å². The number of nitrogens with one attached hydrogen (secondary N) is 1. The Labute approximate surface area is 123 Å². The molecular formula is C15H19NO3S. The first kappa shape index (κ1) is 14.9. The lowest BCUT2D eigenvalue weighted by Crippen LogP contribution is -2.30. The van der Waals surface area contributed by atoms with Gasteiger partial charge in [0.1, 0.15) is 0 Å². The molecule has 1 fully saturated rings. The molecule has 2 N–H and O–H groups in total. The maximum atomic E-state index is 12.4. The van der Waals surface area contributed by atoms with E-state index in [4.69, 9.17) is 0 Å². The van der Waals surface area contributed by atoms with Crippen LogP contribution in [0.15, 0.2) is 29.2 Å². The Hall–Kier alpha value is -1.49. The number of rotatable bonds is 4. The number of anilines is 1. The third-order valence-electron chi connectivity index (χ3n) is 3.82. The Morgan fingerprint density at radius 2 is 1.90 bits per heavy atom. The van der Waals surface area contributed by atoms with Gasteiger partial charge in [0, 0.05) is 4.90 Å². The summed E-state index contributed by atoms with van der Waals surface area (Å²) < 4.78 is 0. The summed E-state index contributed by atoms with van der Waals surface area (Å²) >= 11 is 1.56. The topological polar surface area (TPSA) is 66.4 Å². The van der Waals surface area contributed by atoms with Gasteiger partial charge in [-0.05, 0) is 37.1 Å². The monoisotopic (exact) mass is 293 g/mol. The molecule has 20 heavy (non-hydrogen) atoms. The highest BCUT2D eigenvalue weighted by atomic mass is 32.2. The van der Waals surface area contributed by atoms with Crippen LogP contribution >= 0.6 is 11.8 Å². The summed E-state index contributed by atoms with van der Waals surface area (Å²) in [5, 5.41) is 12.1. The molecule has 1 amide bonds.